The second kappa shape index (κ2) is 7.75. The summed E-state index contributed by atoms with van der Waals surface area (Å²) >= 11 is 0. The minimum Gasteiger partial charge on any atom is -0.345 e. The number of benzene rings is 1. The highest BCUT2D eigenvalue weighted by Gasteiger charge is 2.17. The average Bonchev–Trinajstić information content (AvgIpc) is 3.16. The van der Waals surface area contributed by atoms with Gasteiger partial charge in [-0.15, -0.1) is 0 Å². The number of carbonyl (C=O) groups excluding carboxylic acids is 1. The topological polar surface area (TPSA) is 59.8 Å². The van der Waals surface area contributed by atoms with Crippen LogP contribution in [0.3, 0.4) is 0 Å². The number of amides is 1. The molecule has 0 spiro atoms. The molecule has 128 valence electrons. The van der Waals surface area contributed by atoms with Crippen molar-refractivity contribution in [1.82, 2.24) is 19.9 Å². The van der Waals surface area contributed by atoms with Crippen molar-refractivity contribution in [2.75, 3.05) is 0 Å². The third kappa shape index (κ3) is 4.32. The zero-order chi connectivity index (χ0) is 17.6. The fourth-order valence-electron chi connectivity index (χ4n) is 2.74. The Hall–Kier alpha value is -2.95. The largest absolute Gasteiger partial charge is 0.345 e. The van der Waals surface area contributed by atoms with Gasteiger partial charge in [0.05, 0.1) is 11.6 Å². The fourth-order valence-corrected chi connectivity index (χ4v) is 2.74. The van der Waals surface area contributed by atoms with E-state index >= 15 is 0 Å². The molecule has 0 fully saturated rings. The molecule has 0 saturated carbocycles. The third-order valence-corrected chi connectivity index (χ3v) is 3.99. The first kappa shape index (κ1) is 16.9. The zero-order valence-corrected chi connectivity index (χ0v) is 14.5. The Morgan fingerprint density at radius 2 is 1.96 bits per heavy atom. The molecule has 2 aromatic heterocycles. The summed E-state index contributed by atoms with van der Waals surface area (Å²) in [4.78, 5) is 21.0. The number of aromatic nitrogens is 3. The summed E-state index contributed by atoms with van der Waals surface area (Å²) in [7, 11) is 0. The van der Waals surface area contributed by atoms with E-state index in [0.29, 0.717) is 11.5 Å². The smallest absolute Gasteiger partial charge is 0.253 e. The molecule has 0 aliphatic heterocycles. The van der Waals surface area contributed by atoms with Gasteiger partial charge in [0.2, 0.25) is 0 Å². The van der Waals surface area contributed by atoms with Crippen LogP contribution in [0, 0.1) is 5.92 Å². The van der Waals surface area contributed by atoms with Crippen LogP contribution in [-0.4, -0.2) is 20.4 Å². The lowest BCUT2D eigenvalue weighted by Crippen LogP contribution is -2.29. The van der Waals surface area contributed by atoms with Gasteiger partial charge in [0.15, 0.2) is 0 Å². The second-order valence-corrected chi connectivity index (χ2v) is 6.44. The minimum absolute atomic E-state index is 0.0120. The molecule has 0 aliphatic rings. The first-order chi connectivity index (χ1) is 12.1. The molecule has 0 bridgehead atoms. The third-order valence-electron chi connectivity index (χ3n) is 3.99. The molecule has 1 amide bonds. The van der Waals surface area contributed by atoms with Crippen LogP contribution in [0.25, 0.3) is 5.82 Å². The number of hydrogen-bond donors (Lipinski definition) is 1. The van der Waals surface area contributed by atoms with E-state index in [0.717, 1.165) is 17.8 Å². The first-order valence-corrected chi connectivity index (χ1v) is 8.43. The lowest BCUT2D eigenvalue weighted by atomic mass is 9.97. The molecule has 1 atom stereocenters. The lowest BCUT2D eigenvalue weighted by molar-refractivity contribution is 0.0931. The van der Waals surface area contributed by atoms with E-state index < -0.39 is 0 Å². The molecule has 3 rings (SSSR count). The predicted molar refractivity (Wildman–Crippen MR) is 97.5 cm³/mol. The van der Waals surface area contributed by atoms with E-state index in [1.807, 2.05) is 42.6 Å². The molecule has 1 N–H and O–H groups in total. The van der Waals surface area contributed by atoms with E-state index in [1.54, 1.807) is 29.4 Å². The molecular formula is C20H22N4O. The Bertz CT molecular complexity index is 795. The Labute approximate surface area is 147 Å². The van der Waals surface area contributed by atoms with Gasteiger partial charge in [0.25, 0.3) is 5.91 Å². The highest BCUT2D eigenvalue weighted by Crippen LogP contribution is 2.21. The summed E-state index contributed by atoms with van der Waals surface area (Å²) in [6.45, 7) is 4.31. The highest BCUT2D eigenvalue weighted by molar-refractivity contribution is 5.94. The van der Waals surface area contributed by atoms with Gasteiger partial charge < -0.3 is 5.32 Å². The van der Waals surface area contributed by atoms with E-state index in [2.05, 4.69) is 29.1 Å². The monoisotopic (exact) mass is 334 g/mol. The van der Waals surface area contributed by atoms with Gasteiger partial charge in [-0.05, 0) is 30.0 Å². The number of hydrogen-bond acceptors (Lipinski definition) is 3. The summed E-state index contributed by atoms with van der Waals surface area (Å²) < 4.78 is 1.80. The van der Waals surface area contributed by atoms with Crippen LogP contribution in [0.1, 0.15) is 42.2 Å². The second-order valence-electron chi connectivity index (χ2n) is 6.44. The van der Waals surface area contributed by atoms with E-state index in [4.69, 9.17) is 0 Å². The molecule has 5 heteroatoms. The number of carbonyl (C=O) groups is 1. The number of pyridine rings is 1. The van der Waals surface area contributed by atoms with Gasteiger partial charge in [-0.2, -0.15) is 0 Å². The van der Waals surface area contributed by atoms with Crippen LogP contribution in [0.4, 0.5) is 0 Å². The van der Waals surface area contributed by atoms with Crippen LogP contribution in [-0.2, 0) is 0 Å². The Morgan fingerprint density at radius 1 is 1.16 bits per heavy atom. The van der Waals surface area contributed by atoms with Crippen molar-refractivity contribution in [3.8, 4) is 5.82 Å². The molecule has 2 heterocycles. The highest BCUT2D eigenvalue weighted by atomic mass is 16.1. The standard InChI is InChI=1S/C20H22N4O/c1-15(2)12-18(16-6-4-3-5-7-16)23-20(25)17-8-9-19(22-13-17)24-11-10-21-14-24/h3-11,13-15,18H,12H2,1-2H3,(H,23,25). The van der Waals surface area contributed by atoms with Crippen LogP contribution in [0.5, 0.6) is 0 Å². The molecule has 5 nitrogen and oxygen atoms in total. The van der Waals surface area contributed by atoms with Gasteiger partial charge in [-0.3, -0.25) is 9.36 Å². The Balaban J connectivity index is 1.74. The van der Waals surface area contributed by atoms with E-state index in [9.17, 15) is 4.79 Å². The molecule has 0 aliphatic carbocycles. The minimum atomic E-state index is -0.112. The van der Waals surface area contributed by atoms with Crippen LogP contribution >= 0.6 is 0 Å². The van der Waals surface area contributed by atoms with Crippen LogP contribution < -0.4 is 5.32 Å². The number of nitrogens with one attached hydrogen (secondary N) is 1. The van der Waals surface area contributed by atoms with Gasteiger partial charge >= 0.3 is 0 Å². The van der Waals surface area contributed by atoms with Crippen molar-refractivity contribution in [2.45, 2.75) is 26.3 Å². The first-order valence-electron chi connectivity index (χ1n) is 8.43. The van der Waals surface area contributed by atoms with Crippen molar-refractivity contribution in [3.05, 3.63) is 78.5 Å². The van der Waals surface area contributed by atoms with Gasteiger partial charge in [0.1, 0.15) is 12.1 Å². The van der Waals surface area contributed by atoms with Gasteiger partial charge in [0, 0.05) is 18.6 Å². The molecule has 1 aromatic carbocycles. The van der Waals surface area contributed by atoms with Crippen LogP contribution in [0.2, 0.25) is 0 Å². The fraction of sp³-hybridized carbons (Fsp3) is 0.250. The molecule has 1 unspecified atom stereocenters. The quantitative estimate of drug-likeness (QED) is 0.746. The molecule has 25 heavy (non-hydrogen) atoms. The predicted octanol–water partition coefficient (Wildman–Crippen LogP) is 3.78. The summed E-state index contributed by atoms with van der Waals surface area (Å²) in [5.41, 5.74) is 1.67. The van der Waals surface area contributed by atoms with Crippen molar-refractivity contribution >= 4 is 5.91 Å². The maximum atomic E-state index is 12.6. The SMILES string of the molecule is CC(C)CC(NC(=O)c1ccc(-n2ccnc2)nc1)c1ccccc1. The van der Waals surface area contributed by atoms with E-state index in [-0.39, 0.29) is 11.9 Å². The lowest BCUT2D eigenvalue weighted by Gasteiger charge is -2.21. The van der Waals surface area contributed by atoms with Crippen molar-refractivity contribution in [3.63, 3.8) is 0 Å². The number of rotatable bonds is 6. The molecule has 0 saturated heterocycles. The molecule has 0 radical (unpaired) electrons. The molecule has 3 aromatic rings. The van der Waals surface area contributed by atoms with Gasteiger partial charge in [-0.1, -0.05) is 44.2 Å². The van der Waals surface area contributed by atoms with E-state index in [1.165, 1.54) is 0 Å². The summed E-state index contributed by atoms with van der Waals surface area (Å²) in [6.07, 6.45) is 7.67. The zero-order valence-electron chi connectivity index (χ0n) is 14.5. The summed E-state index contributed by atoms with van der Waals surface area (Å²) in [5.74, 6) is 1.10. The van der Waals surface area contributed by atoms with Crippen molar-refractivity contribution in [1.29, 1.82) is 0 Å². The number of nitrogens with zero attached hydrogens (tertiary/aromatic N) is 3. The van der Waals surface area contributed by atoms with Crippen LogP contribution in [0.15, 0.2) is 67.4 Å². The van der Waals surface area contributed by atoms with Crippen molar-refractivity contribution < 1.29 is 4.79 Å². The Kier molecular flexibility index (Phi) is 5.23. The van der Waals surface area contributed by atoms with Gasteiger partial charge in [-0.25, -0.2) is 9.97 Å². The summed E-state index contributed by atoms with van der Waals surface area (Å²) in [6, 6.07) is 13.7. The summed E-state index contributed by atoms with van der Waals surface area (Å²) in [5, 5.41) is 3.14. The maximum Gasteiger partial charge on any atom is 0.253 e. The van der Waals surface area contributed by atoms with Crippen molar-refractivity contribution in [2.24, 2.45) is 5.92 Å². The average molecular weight is 334 g/mol. The normalized spacial score (nSPS) is 12.1. The number of imidazole rings is 1. The molecular weight excluding hydrogens is 312 g/mol. The Morgan fingerprint density at radius 3 is 2.56 bits per heavy atom. The maximum absolute atomic E-state index is 12.6.